The summed E-state index contributed by atoms with van der Waals surface area (Å²) < 4.78 is 6.43. The van der Waals surface area contributed by atoms with E-state index in [0.29, 0.717) is 24.3 Å². The average molecular weight is 309 g/mol. The minimum absolute atomic E-state index is 0.514. The maximum Gasteiger partial charge on any atom is 0.328 e. The molecule has 4 heteroatoms. The van der Waals surface area contributed by atoms with Gasteiger partial charge in [-0.25, -0.2) is 4.79 Å². The van der Waals surface area contributed by atoms with Gasteiger partial charge in [-0.15, -0.1) is 12.3 Å². The number of benzene rings is 1. The molecule has 0 amide bonds. The molecule has 0 bridgehead atoms. The number of aliphatic carboxylic acids is 1. The lowest BCUT2D eigenvalue weighted by molar-refractivity contribution is -0.131. The van der Waals surface area contributed by atoms with Crippen LogP contribution >= 0.6 is 15.9 Å². The molecule has 18 heavy (non-hydrogen) atoms. The third-order valence-corrected chi connectivity index (χ3v) is 2.59. The Morgan fingerprint density at radius 2 is 2.33 bits per heavy atom. The Balaban J connectivity index is 2.77. The van der Waals surface area contributed by atoms with Crippen LogP contribution in [0.1, 0.15) is 18.4 Å². The molecule has 3 nitrogen and oxygen atoms in total. The van der Waals surface area contributed by atoms with E-state index in [9.17, 15) is 4.79 Å². The Labute approximate surface area is 115 Å². The normalized spacial score (nSPS) is 10.2. The average Bonchev–Trinajstić information content (AvgIpc) is 2.34. The fourth-order valence-corrected chi connectivity index (χ4v) is 1.68. The molecular formula is C14H13BrO3. The van der Waals surface area contributed by atoms with E-state index < -0.39 is 5.97 Å². The zero-order chi connectivity index (χ0) is 13.4. The fraction of sp³-hybridized carbons (Fsp3) is 0.214. The summed E-state index contributed by atoms with van der Waals surface area (Å²) in [4.78, 5) is 10.5. The molecule has 0 saturated heterocycles. The first-order valence-corrected chi connectivity index (χ1v) is 6.19. The standard InChI is InChI=1S/C14H13BrO3/c1-2-3-4-9-18-13-7-6-12(15)10-11(13)5-8-14(16)17/h1,5-8,10H,3-4,9H2,(H,16,17)/b8-5+. The molecule has 0 aliphatic carbocycles. The zero-order valence-electron chi connectivity index (χ0n) is 9.73. The molecule has 94 valence electrons. The van der Waals surface area contributed by atoms with Crippen LogP contribution in [0.15, 0.2) is 28.7 Å². The Morgan fingerprint density at radius 1 is 1.56 bits per heavy atom. The number of hydrogen-bond acceptors (Lipinski definition) is 2. The first kappa shape index (κ1) is 14.3. The van der Waals surface area contributed by atoms with Crippen molar-refractivity contribution in [2.75, 3.05) is 6.61 Å². The Morgan fingerprint density at radius 3 is 3.00 bits per heavy atom. The van der Waals surface area contributed by atoms with Gasteiger partial charge in [-0.3, -0.25) is 0 Å². The van der Waals surface area contributed by atoms with Crippen molar-refractivity contribution in [3.05, 3.63) is 34.3 Å². The van der Waals surface area contributed by atoms with Gasteiger partial charge in [0, 0.05) is 22.5 Å². The second-order valence-electron chi connectivity index (χ2n) is 3.51. The highest BCUT2D eigenvalue weighted by Gasteiger charge is 2.02. The maximum atomic E-state index is 10.5. The van der Waals surface area contributed by atoms with Crippen LogP contribution in [0.2, 0.25) is 0 Å². The van der Waals surface area contributed by atoms with Gasteiger partial charge < -0.3 is 9.84 Å². The Bertz CT molecular complexity index is 486. The molecule has 1 N–H and O–H groups in total. The van der Waals surface area contributed by atoms with Gasteiger partial charge in [0.25, 0.3) is 0 Å². The van der Waals surface area contributed by atoms with E-state index in [4.69, 9.17) is 16.3 Å². The summed E-state index contributed by atoms with van der Waals surface area (Å²) in [6.45, 7) is 0.514. The molecule has 0 spiro atoms. The largest absolute Gasteiger partial charge is 0.493 e. The van der Waals surface area contributed by atoms with E-state index in [1.54, 1.807) is 12.1 Å². The van der Waals surface area contributed by atoms with Gasteiger partial charge in [-0.05, 0) is 30.7 Å². The van der Waals surface area contributed by atoms with E-state index in [1.165, 1.54) is 6.08 Å². The number of ether oxygens (including phenoxy) is 1. The van der Waals surface area contributed by atoms with Crippen LogP contribution in [-0.4, -0.2) is 17.7 Å². The van der Waals surface area contributed by atoms with Crippen molar-refractivity contribution in [1.29, 1.82) is 0 Å². The summed E-state index contributed by atoms with van der Waals surface area (Å²) >= 11 is 3.33. The van der Waals surface area contributed by atoms with E-state index in [-0.39, 0.29) is 0 Å². The van der Waals surface area contributed by atoms with Crippen molar-refractivity contribution in [1.82, 2.24) is 0 Å². The smallest absolute Gasteiger partial charge is 0.328 e. The first-order valence-electron chi connectivity index (χ1n) is 5.40. The predicted molar refractivity (Wildman–Crippen MR) is 74.4 cm³/mol. The SMILES string of the molecule is C#CCCCOc1ccc(Br)cc1/C=C/C(=O)O. The van der Waals surface area contributed by atoms with Crippen LogP contribution in [0, 0.1) is 12.3 Å². The van der Waals surface area contributed by atoms with Crippen molar-refractivity contribution in [2.45, 2.75) is 12.8 Å². The number of unbranched alkanes of at least 4 members (excludes halogenated alkanes) is 1. The molecule has 1 rings (SSSR count). The third kappa shape index (κ3) is 5.07. The number of halogens is 1. The van der Waals surface area contributed by atoms with Crippen molar-refractivity contribution >= 4 is 28.0 Å². The topological polar surface area (TPSA) is 46.5 Å². The molecule has 0 saturated carbocycles. The highest BCUT2D eigenvalue weighted by molar-refractivity contribution is 9.10. The molecule has 0 unspecified atom stereocenters. The highest BCUT2D eigenvalue weighted by atomic mass is 79.9. The lowest BCUT2D eigenvalue weighted by atomic mass is 10.2. The van der Waals surface area contributed by atoms with E-state index in [0.717, 1.165) is 17.0 Å². The van der Waals surface area contributed by atoms with E-state index >= 15 is 0 Å². The summed E-state index contributed by atoms with van der Waals surface area (Å²) in [5.74, 6) is 2.19. The number of carboxylic acids is 1. The molecule has 1 aromatic rings. The molecule has 0 aromatic heterocycles. The zero-order valence-corrected chi connectivity index (χ0v) is 11.3. The van der Waals surface area contributed by atoms with Gasteiger partial charge in [-0.1, -0.05) is 15.9 Å². The fourth-order valence-electron chi connectivity index (χ4n) is 1.30. The van der Waals surface area contributed by atoms with Crippen LogP contribution in [-0.2, 0) is 4.79 Å². The van der Waals surface area contributed by atoms with Crippen molar-refractivity contribution in [3.63, 3.8) is 0 Å². The van der Waals surface area contributed by atoms with Gasteiger partial charge in [0.2, 0.25) is 0 Å². The van der Waals surface area contributed by atoms with Gasteiger partial charge in [0.15, 0.2) is 0 Å². The molecular weight excluding hydrogens is 296 g/mol. The van der Waals surface area contributed by atoms with Gasteiger partial charge in [0.05, 0.1) is 6.61 Å². The Hall–Kier alpha value is -1.73. The summed E-state index contributed by atoms with van der Waals surface area (Å²) in [5, 5.41) is 8.62. The molecule has 1 aromatic carbocycles. The van der Waals surface area contributed by atoms with Crippen molar-refractivity contribution < 1.29 is 14.6 Å². The van der Waals surface area contributed by atoms with Crippen LogP contribution in [0.3, 0.4) is 0 Å². The minimum atomic E-state index is -0.992. The molecule has 0 aliphatic rings. The molecule has 0 fully saturated rings. The van der Waals surface area contributed by atoms with Gasteiger partial charge >= 0.3 is 5.97 Å². The van der Waals surface area contributed by atoms with Crippen molar-refractivity contribution in [2.24, 2.45) is 0 Å². The van der Waals surface area contributed by atoms with Crippen LogP contribution in [0.4, 0.5) is 0 Å². The van der Waals surface area contributed by atoms with E-state index in [1.807, 2.05) is 6.07 Å². The van der Waals surface area contributed by atoms with Gasteiger partial charge in [0.1, 0.15) is 5.75 Å². The first-order chi connectivity index (χ1) is 8.63. The van der Waals surface area contributed by atoms with Crippen molar-refractivity contribution in [3.8, 4) is 18.1 Å². The monoisotopic (exact) mass is 308 g/mol. The van der Waals surface area contributed by atoms with Crippen LogP contribution in [0.25, 0.3) is 6.08 Å². The van der Waals surface area contributed by atoms with Crippen LogP contribution < -0.4 is 4.74 Å². The third-order valence-electron chi connectivity index (χ3n) is 2.10. The number of carboxylic acid groups (broad SMARTS) is 1. The lowest BCUT2D eigenvalue weighted by Gasteiger charge is -2.08. The molecule has 0 heterocycles. The molecule has 0 atom stereocenters. The predicted octanol–water partition coefficient (Wildman–Crippen LogP) is 3.34. The second kappa shape index (κ2) is 7.57. The van der Waals surface area contributed by atoms with E-state index in [2.05, 4.69) is 21.9 Å². The summed E-state index contributed by atoms with van der Waals surface area (Å²) in [7, 11) is 0. The number of rotatable bonds is 6. The second-order valence-corrected chi connectivity index (χ2v) is 4.43. The summed E-state index contributed by atoms with van der Waals surface area (Å²) in [5.41, 5.74) is 0.715. The summed E-state index contributed by atoms with van der Waals surface area (Å²) in [6, 6.07) is 5.44. The maximum absolute atomic E-state index is 10.5. The lowest BCUT2D eigenvalue weighted by Crippen LogP contribution is -1.98. The van der Waals surface area contributed by atoms with Gasteiger partial charge in [-0.2, -0.15) is 0 Å². The molecule has 0 radical (unpaired) electrons. The number of carbonyl (C=O) groups is 1. The number of terminal acetylenes is 1. The minimum Gasteiger partial charge on any atom is -0.493 e. The number of hydrogen-bond donors (Lipinski definition) is 1. The highest BCUT2D eigenvalue weighted by Crippen LogP contribution is 2.24. The summed E-state index contributed by atoms with van der Waals surface area (Å²) in [6.07, 6.45) is 9.17. The molecule has 0 aliphatic heterocycles. The van der Waals surface area contributed by atoms with Crippen LogP contribution in [0.5, 0.6) is 5.75 Å². The quantitative estimate of drug-likeness (QED) is 0.498. The Kier molecular flexibility index (Phi) is 6.03.